The van der Waals surface area contributed by atoms with Crippen LogP contribution in [0.4, 0.5) is 17.1 Å². The summed E-state index contributed by atoms with van der Waals surface area (Å²) in [6.07, 6.45) is 0. The van der Waals surface area contributed by atoms with Crippen LogP contribution in [0.15, 0.2) is 192 Å². The van der Waals surface area contributed by atoms with E-state index in [9.17, 15) is 0 Å². The molecule has 0 amide bonds. The number of benzene rings is 9. The second kappa shape index (κ2) is 11.9. The molecule has 11 aromatic rings. The highest BCUT2D eigenvalue weighted by Crippen LogP contribution is 2.47. The number of nitrogens with zero attached hydrogens (tertiary/aromatic N) is 1. The fraction of sp³-hybridized carbons (Fsp3) is 0. The van der Waals surface area contributed by atoms with Gasteiger partial charge in [0.05, 0.1) is 11.4 Å². The average Bonchev–Trinajstić information content (AvgIpc) is 3.79. The minimum atomic E-state index is 0.898. The average molecular weight is 694 g/mol. The zero-order valence-corrected chi connectivity index (χ0v) is 29.5. The van der Waals surface area contributed by atoms with Crippen molar-refractivity contribution in [1.82, 2.24) is 0 Å². The molecule has 0 saturated heterocycles. The number of para-hydroxylation sites is 2. The molecule has 0 unspecified atom stereocenters. The molecule has 2 heterocycles. The van der Waals surface area contributed by atoms with Crippen LogP contribution in [0.1, 0.15) is 0 Å². The summed E-state index contributed by atoms with van der Waals surface area (Å²) in [5.41, 5.74) is 9.73. The van der Waals surface area contributed by atoms with Crippen LogP contribution < -0.4 is 4.90 Å². The van der Waals surface area contributed by atoms with Crippen LogP contribution in [0, 0.1) is 0 Å². The van der Waals surface area contributed by atoms with E-state index < -0.39 is 0 Å². The molecule has 0 fully saturated rings. The number of hydrogen-bond acceptors (Lipinski definition) is 3. The summed E-state index contributed by atoms with van der Waals surface area (Å²) >= 11 is 1.87. The van der Waals surface area contributed by atoms with Crippen LogP contribution in [0.3, 0.4) is 0 Å². The molecule has 53 heavy (non-hydrogen) atoms. The van der Waals surface area contributed by atoms with Crippen molar-refractivity contribution in [1.29, 1.82) is 0 Å². The van der Waals surface area contributed by atoms with E-state index in [0.29, 0.717) is 0 Å². The van der Waals surface area contributed by atoms with Crippen molar-refractivity contribution in [3.63, 3.8) is 0 Å². The van der Waals surface area contributed by atoms with E-state index in [1.165, 1.54) is 52.8 Å². The second-order valence-corrected chi connectivity index (χ2v) is 14.7. The lowest BCUT2D eigenvalue weighted by Gasteiger charge is -2.29. The summed E-state index contributed by atoms with van der Waals surface area (Å²) in [6, 6.07) is 67.9. The molecule has 2 nitrogen and oxygen atoms in total. The molecule has 11 rings (SSSR count). The number of hydrogen-bond donors (Lipinski definition) is 0. The Morgan fingerprint density at radius 2 is 1.00 bits per heavy atom. The van der Waals surface area contributed by atoms with Gasteiger partial charge in [0, 0.05) is 53.1 Å². The Bertz CT molecular complexity index is 3180. The third-order valence-electron chi connectivity index (χ3n) is 10.6. The van der Waals surface area contributed by atoms with Gasteiger partial charge in [-0.1, -0.05) is 146 Å². The van der Waals surface area contributed by atoms with Gasteiger partial charge in [0.25, 0.3) is 0 Å². The van der Waals surface area contributed by atoms with E-state index >= 15 is 0 Å². The van der Waals surface area contributed by atoms with Crippen molar-refractivity contribution in [3.05, 3.63) is 188 Å². The normalized spacial score (nSPS) is 11.8. The van der Waals surface area contributed by atoms with Crippen molar-refractivity contribution >= 4 is 92.1 Å². The van der Waals surface area contributed by atoms with Crippen LogP contribution in [0.25, 0.3) is 85.9 Å². The van der Waals surface area contributed by atoms with Crippen LogP contribution in [-0.4, -0.2) is 0 Å². The maximum Gasteiger partial charge on any atom is 0.143 e. The lowest BCUT2D eigenvalue weighted by Crippen LogP contribution is -2.11. The number of furan rings is 1. The Labute approximate surface area is 310 Å². The summed E-state index contributed by atoms with van der Waals surface area (Å²) in [4.78, 5) is 2.41. The quantitative estimate of drug-likeness (QED) is 0.178. The van der Waals surface area contributed by atoms with Gasteiger partial charge < -0.3 is 9.32 Å². The first-order valence-electron chi connectivity index (χ1n) is 18.0. The molecule has 0 N–H and O–H groups in total. The smallest absolute Gasteiger partial charge is 0.143 e. The van der Waals surface area contributed by atoms with Crippen LogP contribution in [-0.2, 0) is 0 Å². The highest BCUT2D eigenvalue weighted by atomic mass is 32.1. The van der Waals surface area contributed by atoms with Crippen molar-refractivity contribution in [2.45, 2.75) is 0 Å². The highest BCUT2D eigenvalue weighted by Gasteiger charge is 2.22. The van der Waals surface area contributed by atoms with Crippen molar-refractivity contribution in [3.8, 4) is 22.3 Å². The fourth-order valence-corrected chi connectivity index (χ4v) is 9.41. The summed E-state index contributed by atoms with van der Waals surface area (Å²) in [5, 5.41) is 9.66. The van der Waals surface area contributed by atoms with Gasteiger partial charge in [-0.3, -0.25) is 0 Å². The molecule has 0 aliphatic heterocycles. The monoisotopic (exact) mass is 693 g/mol. The predicted molar refractivity (Wildman–Crippen MR) is 227 cm³/mol. The molecular weight excluding hydrogens is 663 g/mol. The fourth-order valence-electron chi connectivity index (χ4n) is 8.17. The van der Waals surface area contributed by atoms with Gasteiger partial charge in [-0.15, -0.1) is 11.3 Å². The van der Waals surface area contributed by atoms with E-state index in [4.69, 9.17) is 4.42 Å². The van der Waals surface area contributed by atoms with Gasteiger partial charge in [-0.05, 0) is 69.8 Å². The van der Waals surface area contributed by atoms with Gasteiger partial charge in [0.1, 0.15) is 11.2 Å². The molecule has 0 spiro atoms. The largest absolute Gasteiger partial charge is 0.455 e. The SMILES string of the molecule is c1ccc(N(c2ccc(-c3cccc4c3sc3ccccc34)cc2)c2cccc3ccccc23)c(-c2cccc3c2oc2cc4ccccc4cc23)c1. The Balaban J connectivity index is 1.11. The zero-order chi connectivity index (χ0) is 34.9. The molecule has 0 radical (unpaired) electrons. The maximum absolute atomic E-state index is 6.77. The van der Waals surface area contributed by atoms with Gasteiger partial charge in [-0.25, -0.2) is 0 Å². The van der Waals surface area contributed by atoms with Gasteiger partial charge in [0.15, 0.2) is 0 Å². The summed E-state index contributed by atoms with van der Waals surface area (Å²) in [5.74, 6) is 0. The van der Waals surface area contributed by atoms with Gasteiger partial charge in [-0.2, -0.15) is 0 Å². The third-order valence-corrected chi connectivity index (χ3v) is 11.9. The van der Waals surface area contributed by atoms with E-state index in [0.717, 1.165) is 50.1 Å². The highest BCUT2D eigenvalue weighted by molar-refractivity contribution is 7.26. The second-order valence-electron chi connectivity index (χ2n) is 13.7. The van der Waals surface area contributed by atoms with Crippen molar-refractivity contribution in [2.24, 2.45) is 0 Å². The first-order chi connectivity index (χ1) is 26.3. The molecule has 0 aliphatic rings. The zero-order valence-electron chi connectivity index (χ0n) is 28.7. The topological polar surface area (TPSA) is 16.4 Å². The number of rotatable bonds is 5. The Hall–Kier alpha value is -6.68. The van der Waals surface area contributed by atoms with Crippen LogP contribution >= 0.6 is 11.3 Å². The molecule has 2 aromatic heterocycles. The summed E-state index contributed by atoms with van der Waals surface area (Å²) in [6.45, 7) is 0. The molecule has 0 bridgehead atoms. The van der Waals surface area contributed by atoms with Crippen molar-refractivity contribution < 1.29 is 4.42 Å². The standard InChI is InChI=1S/C50H31NOS/c1-2-14-35-31-47-44(30-34(35)13-1)42-21-11-20-41(49(42)52-47)39-17-5-7-23-46(39)51(45-24-9-15-32-12-3-4-16-37(32)45)36-28-26-33(27-29-36)38-19-10-22-43-40-18-6-8-25-48(40)53-50(38)43/h1-31H. The molecule has 3 heteroatoms. The van der Waals surface area contributed by atoms with Gasteiger partial charge in [0.2, 0.25) is 0 Å². The Morgan fingerprint density at radius 3 is 1.87 bits per heavy atom. The molecule has 248 valence electrons. The summed E-state index contributed by atoms with van der Waals surface area (Å²) < 4.78 is 9.41. The maximum atomic E-state index is 6.77. The van der Waals surface area contributed by atoms with E-state index in [-0.39, 0.29) is 0 Å². The van der Waals surface area contributed by atoms with Gasteiger partial charge >= 0.3 is 0 Å². The minimum Gasteiger partial charge on any atom is -0.455 e. The molecule has 9 aromatic carbocycles. The van der Waals surface area contributed by atoms with Crippen LogP contribution in [0.2, 0.25) is 0 Å². The molecular formula is C50H31NOS. The minimum absolute atomic E-state index is 0.898. The van der Waals surface area contributed by atoms with E-state index in [1.807, 2.05) is 11.3 Å². The molecule has 0 saturated carbocycles. The van der Waals surface area contributed by atoms with Crippen molar-refractivity contribution in [2.75, 3.05) is 4.90 Å². The molecule has 0 atom stereocenters. The van der Waals surface area contributed by atoms with Crippen LogP contribution in [0.5, 0.6) is 0 Å². The number of thiophene rings is 1. The Morgan fingerprint density at radius 1 is 0.396 bits per heavy atom. The van der Waals surface area contributed by atoms with E-state index in [1.54, 1.807) is 0 Å². The first kappa shape index (κ1) is 30.0. The predicted octanol–water partition coefficient (Wildman–Crippen LogP) is 15.1. The number of fused-ring (bicyclic) bond motifs is 8. The summed E-state index contributed by atoms with van der Waals surface area (Å²) in [7, 11) is 0. The first-order valence-corrected chi connectivity index (χ1v) is 18.8. The lowest BCUT2D eigenvalue weighted by atomic mass is 9.98. The molecule has 0 aliphatic carbocycles. The lowest BCUT2D eigenvalue weighted by molar-refractivity contribution is 0.670. The third kappa shape index (κ3) is 4.78. The number of anilines is 3. The van der Waals surface area contributed by atoms with E-state index in [2.05, 4.69) is 193 Å². The Kier molecular flexibility index (Phi) is 6.76.